The molecule has 10 N–H and O–H groups in total. The summed E-state index contributed by atoms with van der Waals surface area (Å²) in [6.45, 7) is 4.03. The van der Waals surface area contributed by atoms with Gasteiger partial charge in [0.25, 0.3) is 0 Å². The molecule has 0 fully saturated rings. The number of carbonyl (C=O) groups excluding carboxylic acids is 4. The van der Waals surface area contributed by atoms with Gasteiger partial charge in [-0.15, -0.1) is 0 Å². The van der Waals surface area contributed by atoms with E-state index in [1.54, 1.807) is 6.92 Å². The number of nitrogens with two attached hydrogens (primary N) is 3. The number of hydrogen-bond donors (Lipinski definition) is 7. The Morgan fingerprint density at radius 2 is 1.54 bits per heavy atom. The monoisotopic (exact) mass is 518 g/mol. The van der Waals surface area contributed by atoms with Crippen molar-refractivity contribution < 1.29 is 29.1 Å². The van der Waals surface area contributed by atoms with Crippen LogP contribution in [0, 0.1) is 5.92 Å². The molecule has 0 spiro atoms. The molecule has 0 saturated carbocycles. The number of rotatable bonds is 19. The molecule has 5 atom stereocenters. The van der Waals surface area contributed by atoms with Crippen LogP contribution in [0.5, 0.6) is 0 Å². The second-order valence-corrected chi connectivity index (χ2v) is 9.50. The maximum atomic E-state index is 13.1. The van der Waals surface area contributed by atoms with Crippen LogP contribution < -0.4 is 33.2 Å². The molecule has 12 nitrogen and oxygen atoms in total. The molecule has 4 amide bonds. The minimum absolute atomic E-state index is 0.0384. The van der Waals surface area contributed by atoms with Gasteiger partial charge in [0, 0.05) is 6.42 Å². The van der Waals surface area contributed by atoms with Gasteiger partial charge in [-0.25, -0.2) is 4.79 Å². The van der Waals surface area contributed by atoms with E-state index in [4.69, 9.17) is 17.2 Å². The van der Waals surface area contributed by atoms with Crippen LogP contribution in [0.3, 0.4) is 0 Å². The first-order valence-corrected chi connectivity index (χ1v) is 13.2. The van der Waals surface area contributed by atoms with Crippen molar-refractivity contribution in [1.29, 1.82) is 0 Å². The quantitative estimate of drug-likeness (QED) is 0.105. The van der Waals surface area contributed by atoms with Crippen LogP contribution in [0.15, 0.2) is 0 Å². The van der Waals surface area contributed by atoms with E-state index in [0.29, 0.717) is 31.6 Å². The third kappa shape index (κ3) is 13.3. The number of carboxylic acid groups (broad SMARTS) is 1. The maximum Gasteiger partial charge on any atom is 0.326 e. The van der Waals surface area contributed by atoms with Gasteiger partial charge in [-0.1, -0.05) is 20.3 Å². The zero-order chi connectivity index (χ0) is 27.0. The van der Waals surface area contributed by atoms with E-state index in [9.17, 15) is 29.1 Å². The normalized spacial score (nSPS) is 15.2. The molecular weight excluding hydrogens is 476 g/mol. The van der Waals surface area contributed by atoms with E-state index < -0.39 is 53.8 Å². The third-order valence-corrected chi connectivity index (χ3v) is 6.28. The number of carbonyl (C=O) groups is 5. The third-order valence-electron chi connectivity index (χ3n) is 5.64. The summed E-state index contributed by atoms with van der Waals surface area (Å²) >= 11 is 1.48. The van der Waals surface area contributed by atoms with Gasteiger partial charge in [-0.05, 0) is 56.6 Å². The molecule has 202 valence electrons. The minimum atomic E-state index is -1.17. The summed E-state index contributed by atoms with van der Waals surface area (Å²) in [5.41, 5.74) is 16.4. The van der Waals surface area contributed by atoms with Gasteiger partial charge in [0.1, 0.15) is 18.1 Å². The number of thioether (sulfide) groups is 1. The number of amides is 4. The average molecular weight is 519 g/mol. The van der Waals surface area contributed by atoms with E-state index >= 15 is 0 Å². The predicted octanol–water partition coefficient (Wildman–Crippen LogP) is -0.954. The van der Waals surface area contributed by atoms with E-state index in [-0.39, 0.29) is 31.6 Å². The Hall–Kier alpha value is -2.38. The molecule has 0 saturated heterocycles. The molecule has 0 aliphatic rings. The van der Waals surface area contributed by atoms with E-state index in [1.165, 1.54) is 11.8 Å². The topological polar surface area (TPSA) is 220 Å². The standard InChI is InChI=1S/C22H42N6O6S/c1-4-13(2)18(21(32)27-16(22(33)34)7-5-6-11-23)28-20(31)15(10-12-35-3)26-19(30)14(24)8-9-17(25)29/h13-16,18H,4-12,23-24H2,1-3H3,(H2,25,29)(H,26,30)(H,27,32)(H,28,31)(H,33,34). The minimum Gasteiger partial charge on any atom is -0.480 e. The lowest BCUT2D eigenvalue weighted by Gasteiger charge is -2.28. The number of primary amides is 1. The molecule has 0 aromatic rings. The number of nitrogens with one attached hydrogen (secondary N) is 3. The number of unbranched alkanes of at least 4 members (excludes halogenated alkanes) is 1. The summed E-state index contributed by atoms with van der Waals surface area (Å²) in [7, 11) is 0. The Morgan fingerprint density at radius 3 is 2.06 bits per heavy atom. The van der Waals surface area contributed by atoms with Crippen LogP contribution in [0.2, 0.25) is 0 Å². The van der Waals surface area contributed by atoms with Crippen molar-refractivity contribution in [2.75, 3.05) is 18.6 Å². The van der Waals surface area contributed by atoms with Crippen LogP contribution in [-0.4, -0.2) is 77.4 Å². The molecule has 0 radical (unpaired) electrons. The lowest BCUT2D eigenvalue weighted by molar-refractivity contribution is -0.143. The second-order valence-electron chi connectivity index (χ2n) is 8.51. The van der Waals surface area contributed by atoms with Crippen LogP contribution >= 0.6 is 11.8 Å². The van der Waals surface area contributed by atoms with E-state index in [0.717, 1.165) is 0 Å². The van der Waals surface area contributed by atoms with Gasteiger partial charge in [0.2, 0.25) is 23.6 Å². The van der Waals surface area contributed by atoms with Gasteiger partial charge in [0.05, 0.1) is 6.04 Å². The van der Waals surface area contributed by atoms with Crippen molar-refractivity contribution in [2.45, 2.75) is 83.0 Å². The van der Waals surface area contributed by atoms with Crippen LogP contribution in [0.1, 0.15) is 58.8 Å². The molecule has 0 aromatic heterocycles. The largest absolute Gasteiger partial charge is 0.480 e. The zero-order valence-electron chi connectivity index (χ0n) is 20.9. The van der Waals surface area contributed by atoms with Gasteiger partial charge in [-0.2, -0.15) is 11.8 Å². The highest BCUT2D eigenvalue weighted by Crippen LogP contribution is 2.11. The molecule has 0 aliphatic carbocycles. The number of aliphatic carboxylic acids is 1. The Morgan fingerprint density at radius 1 is 0.914 bits per heavy atom. The van der Waals surface area contributed by atoms with Crippen molar-refractivity contribution in [3.63, 3.8) is 0 Å². The second kappa shape index (κ2) is 18.0. The zero-order valence-corrected chi connectivity index (χ0v) is 21.7. The fraction of sp³-hybridized carbons (Fsp3) is 0.773. The highest BCUT2D eigenvalue weighted by Gasteiger charge is 2.32. The van der Waals surface area contributed by atoms with Crippen LogP contribution in [0.25, 0.3) is 0 Å². The highest BCUT2D eigenvalue weighted by atomic mass is 32.2. The summed E-state index contributed by atoms with van der Waals surface area (Å²) in [4.78, 5) is 61.1. The Labute approximate surface area is 211 Å². The smallest absolute Gasteiger partial charge is 0.326 e. The fourth-order valence-electron chi connectivity index (χ4n) is 3.18. The summed E-state index contributed by atoms with van der Waals surface area (Å²) in [5.74, 6) is -3.30. The molecule has 13 heteroatoms. The summed E-state index contributed by atoms with van der Waals surface area (Å²) < 4.78 is 0. The summed E-state index contributed by atoms with van der Waals surface area (Å²) in [6, 6.07) is -4.09. The van der Waals surface area contributed by atoms with Crippen LogP contribution in [-0.2, 0) is 24.0 Å². The Kier molecular flexibility index (Phi) is 16.7. The SMILES string of the molecule is CCC(C)C(NC(=O)C(CCSC)NC(=O)C(N)CCC(N)=O)C(=O)NC(CCCCN)C(=O)O. The molecule has 0 aromatic carbocycles. The number of hydrogen-bond acceptors (Lipinski definition) is 8. The molecule has 0 rings (SSSR count). The lowest BCUT2D eigenvalue weighted by atomic mass is 9.97. The van der Waals surface area contributed by atoms with Gasteiger partial charge in [-0.3, -0.25) is 19.2 Å². The van der Waals surface area contributed by atoms with Gasteiger partial charge < -0.3 is 38.3 Å². The number of carboxylic acids is 1. The van der Waals surface area contributed by atoms with Crippen molar-refractivity contribution in [2.24, 2.45) is 23.1 Å². The Balaban J connectivity index is 5.44. The van der Waals surface area contributed by atoms with Crippen molar-refractivity contribution in [3.8, 4) is 0 Å². The summed E-state index contributed by atoms with van der Waals surface area (Å²) in [5, 5.41) is 17.3. The van der Waals surface area contributed by atoms with E-state index in [2.05, 4.69) is 16.0 Å². The first kappa shape index (κ1) is 32.6. The molecule has 0 aliphatic heterocycles. The molecule has 0 heterocycles. The first-order chi connectivity index (χ1) is 16.5. The van der Waals surface area contributed by atoms with Crippen molar-refractivity contribution >= 4 is 41.4 Å². The van der Waals surface area contributed by atoms with Gasteiger partial charge >= 0.3 is 5.97 Å². The molecule has 5 unspecified atom stereocenters. The molecular formula is C22H42N6O6S. The fourth-order valence-corrected chi connectivity index (χ4v) is 3.65. The van der Waals surface area contributed by atoms with Crippen molar-refractivity contribution in [3.05, 3.63) is 0 Å². The first-order valence-electron chi connectivity index (χ1n) is 11.8. The Bertz CT molecular complexity index is 710. The van der Waals surface area contributed by atoms with E-state index in [1.807, 2.05) is 13.2 Å². The van der Waals surface area contributed by atoms with Gasteiger partial charge in [0.15, 0.2) is 0 Å². The van der Waals surface area contributed by atoms with Crippen molar-refractivity contribution in [1.82, 2.24) is 16.0 Å². The predicted molar refractivity (Wildman–Crippen MR) is 135 cm³/mol. The molecule has 0 bridgehead atoms. The lowest BCUT2D eigenvalue weighted by Crippen LogP contribution is -2.58. The average Bonchev–Trinajstić information content (AvgIpc) is 2.81. The molecule has 35 heavy (non-hydrogen) atoms. The highest BCUT2D eigenvalue weighted by molar-refractivity contribution is 7.98. The maximum absolute atomic E-state index is 13.1. The van der Waals surface area contributed by atoms with Crippen LogP contribution in [0.4, 0.5) is 0 Å². The summed E-state index contributed by atoms with van der Waals surface area (Å²) in [6.07, 6.45) is 4.03.